The van der Waals surface area contributed by atoms with E-state index >= 15 is 0 Å². The van der Waals surface area contributed by atoms with Gasteiger partial charge in [0.1, 0.15) is 0 Å². The van der Waals surface area contributed by atoms with Crippen molar-refractivity contribution in [1.29, 1.82) is 0 Å². The summed E-state index contributed by atoms with van der Waals surface area (Å²) in [6, 6.07) is 5.92. The van der Waals surface area contributed by atoms with Gasteiger partial charge in [0.2, 0.25) is 5.91 Å². The molecular formula is C13H17N3O3S. The third-order valence-corrected chi connectivity index (χ3v) is 3.00. The second-order valence-corrected chi connectivity index (χ2v) is 4.94. The normalized spacial score (nSPS) is 11.5. The largest absolute Gasteiger partial charge is 0.332 e. The first-order chi connectivity index (χ1) is 9.42. The van der Waals surface area contributed by atoms with Gasteiger partial charge in [-0.2, -0.15) is 0 Å². The van der Waals surface area contributed by atoms with Gasteiger partial charge < -0.3 is 10.6 Å². The van der Waals surface area contributed by atoms with Crippen molar-refractivity contribution in [2.45, 2.75) is 26.7 Å². The molecule has 20 heavy (non-hydrogen) atoms. The Kier molecular flexibility index (Phi) is 6.05. The molecule has 0 heterocycles. The van der Waals surface area contributed by atoms with E-state index in [1.807, 2.05) is 13.8 Å². The van der Waals surface area contributed by atoms with E-state index in [2.05, 4.69) is 10.6 Å². The van der Waals surface area contributed by atoms with Crippen LogP contribution in [0.2, 0.25) is 0 Å². The Labute approximate surface area is 122 Å². The molecule has 0 saturated carbocycles. The summed E-state index contributed by atoms with van der Waals surface area (Å²) in [4.78, 5) is 21.8. The molecule has 6 nitrogen and oxygen atoms in total. The van der Waals surface area contributed by atoms with E-state index in [4.69, 9.17) is 12.2 Å². The molecule has 1 rings (SSSR count). The van der Waals surface area contributed by atoms with Crippen LogP contribution in [0.3, 0.4) is 0 Å². The maximum absolute atomic E-state index is 11.6. The number of carbonyl (C=O) groups excluding carboxylic acids is 1. The summed E-state index contributed by atoms with van der Waals surface area (Å²) in [5, 5.41) is 16.1. The van der Waals surface area contributed by atoms with Crippen molar-refractivity contribution in [2.75, 3.05) is 5.32 Å². The minimum atomic E-state index is -0.490. The Morgan fingerprint density at radius 3 is 2.80 bits per heavy atom. The summed E-state index contributed by atoms with van der Waals surface area (Å²) in [6.07, 6.45) is 1.31. The predicted molar refractivity (Wildman–Crippen MR) is 81.5 cm³/mol. The van der Waals surface area contributed by atoms with E-state index in [0.29, 0.717) is 12.1 Å². The van der Waals surface area contributed by atoms with Crippen LogP contribution in [0.5, 0.6) is 0 Å². The number of rotatable bonds is 5. The first kappa shape index (κ1) is 16.0. The van der Waals surface area contributed by atoms with E-state index in [1.54, 1.807) is 12.1 Å². The van der Waals surface area contributed by atoms with Gasteiger partial charge >= 0.3 is 0 Å². The Morgan fingerprint density at radius 2 is 2.20 bits per heavy atom. The van der Waals surface area contributed by atoms with Crippen LogP contribution in [-0.4, -0.2) is 15.9 Å². The van der Waals surface area contributed by atoms with Gasteiger partial charge in [-0.3, -0.25) is 14.9 Å². The average Bonchev–Trinajstić information content (AvgIpc) is 2.38. The molecule has 108 valence electrons. The monoisotopic (exact) mass is 295 g/mol. The lowest BCUT2D eigenvalue weighted by Crippen LogP contribution is -2.34. The molecule has 7 heteroatoms. The highest BCUT2D eigenvalue weighted by atomic mass is 32.1. The Morgan fingerprint density at radius 1 is 1.50 bits per heavy atom. The smallest absolute Gasteiger partial charge is 0.271 e. The number of nitro groups is 1. The van der Waals surface area contributed by atoms with Crippen molar-refractivity contribution in [1.82, 2.24) is 5.32 Å². The molecule has 1 amide bonds. The zero-order valence-corrected chi connectivity index (χ0v) is 12.2. The molecule has 1 unspecified atom stereocenters. The highest BCUT2D eigenvalue weighted by Crippen LogP contribution is 2.16. The van der Waals surface area contributed by atoms with Crippen molar-refractivity contribution in [2.24, 2.45) is 5.92 Å². The molecule has 0 aromatic heterocycles. The molecule has 0 aliphatic heterocycles. The van der Waals surface area contributed by atoms with E-state index in [-0.39, 0.29) is 22.6 Å². The fourth-order valence-corrected chi connectivity index (χ4v) is 1.73. The zero-order valence-electron chi connectivity index (χ0n) is 11.4. The van der Waals surface area contributed by atoms with Crippen molar-refractivity contribution in [3.05, 3.63) is 34.4 Å². The molecule has 0 saturated heterocycles. The van der Waals surface area contributed by atoms with Crippen LogP contribution >= 0.6 is 12.2 Å². The summed E-state index contributed by atoms with van der Waals surface area (Å²) < 4.78 is 0. The molecule has 0 aliphatic rings. The summed E-state index contributed by atoms with van der Waals surface area (Å²) >= 11 is 5.00. The predicted octanol–water partition coefficient (Wildman–Crippen LogP) is 2.84. The molecular weight excluding hydrogens is 278 g/mol. The fraction of sp³-hybridized carbons (Fsp3) is 0.385. The first-order valence-electron chi connectivity index (χ1n) is 6.27. The van der Waals surface area contributed by atoms with E-state index < -0.39 is 4.92 Å². The quantitative estimate of drug-likeness (QED) is 0.496. The average molecular weight is 295 g/mol. The molecule has 1 aromatic rings. The number of amides is 1. The van der Waals surface area contributed by atoms with Crippen LogP contribution in [0.1, 0.15) is 26.7 Å². The Bertz CT molecular complexity index is 519. The van der Waals surface area contributed by atoms with Gasteiger partial charge in [-0.25, -0.2) is 0 Å². The molecule has 1 atom stereocenters. The molecule has 0 spiro atoms. The molecule has 0 fully saturated rings. The van der Waals surface area contributed by atoms with Crippen LogP contribution in [0.15, 0.2) is 24.3 Å². The van der Waals surface area contributed by atoms with Gasteiger partial charge in [-0.15, -0.1) is 0 Å². The van der Waals surface area contributed by atoms with E-state index in [1.165, 1.54) is 12.1 Å². The molecule has 0 aliphatic carbocycles. The van der Waals surface area contributed by atoms with Crippen LogP contribution in [0, 0.1) is 16.0 Å². The number of hydrogen-bond acceptors (Lipinski definition) is 4. The van der Waals surface area contributed by atoms with Crippen LogP contribution in [0.25, 0.3) is 0 Å². The minimum Gasteiger partial charge on any atom is -0.332 e. The lowest BCUT2D eigenvalue weighted by Gasteiger charge is -2.11. The van der Waals surface area contributed by atoms with Crippen molar-refractivity contribution >= 4 is 34.6 Å². The standard InChI is InChI=1S/C13H17N3O3S/c1-3-9(2)7-12(17)15-13(20)14-10-5-4-6-11(8-10)16(18)19/h4-6,8-9H,3,7H2,1-2H3,(H2,14,15,17,20). The zero-order chi connectivity index (χ0) is 15.1. The second kappa shape index (κ2) is 7.54. The number of hydrogen-bond donors (Lipinski definition) is 2. The topological polar surface area (TPSA) is 84.3 Å². The van der Waals surface area contributed by atoms with E-state index in [0.717, 1.165) is 6.42 Å². The number of benzene rings is 1. The number of nitrogens with zero attached hydrogens (tertiary/aromatic N) is 1. The number of anilines is 1. The summed E-state index contributed by atoms with van der Waals surface area (Å²) in [5.41, 5.74) is 0.428. The summed E-state index contributed by atoms with van der Waals surface area (Å²) in [7, 11) is 0. The van der Waals surface area contributed by atoms with Crippen LogP contribution < -0.4 is 10.6 Å². The van der Waals surface area contributed by atoms with Crippen LogP contribution in [0.4, 0.5) is 11.4 Å². The van der Waals surface area contributed by atoms with E-state index in [9.17, 15) is 14.9 Å². The number of nitrogens with one attached hydrogen (secondary N) is 2. The second-order valence-electron chi connectivity index (χ2n) is 4.53. The molecule has 2 N–H and O–H groups in total. The maximum Gasteiger partial charge on any atom is 0.271 e. The lowest BCUT2D eigenvalue weighted by molar-refractivity contribution is -0.384. The van der Waals surface area contributed by atoms with Gasteiger partial charge in [0.25, 0.3) is 5.69 Å². The highest BCUT2D eigenvalue weighted by Gasteiger charge is 2.10. The van der Waals surface area contributed by atoms with Crippen molar-refractivity contribution in [3.8, 4) is 0 Å². The number of nitro benzene ring substituents is 1. The first-order valence-corrected chi connectivity index (χ1v) is 6.68. The van der Waals surface area contributed by atoms with Gasteiger partial charge in [0.15, 0.2) is 5.11 Å². The Hall–Kier alpha value is -2.02. The number of thiocarbonyl (C=S) groups is 1. The van der Waals surface area contributed by atoms with Gasteiger partial charge in [0, 0.05) is 24.2 Å². The van der Waals surface area contributed by atoms with Crippen molar-refractivity contribution < 1.29 is 9.72 Å². The molecule has 0 radical (unpaired) electrons. The van der Waals surface area contributed by atoms with Crippen LogP contribution in [-0.2, 0) is 4.79 Å². The minimum absolute atomic E-state index is 0.0382. The summed E-state index contributed by atoms with van der Waals surface area (Å²) in [6.45, 7) is 3.99. The number of non-ortho nitro benzene ring substituents is 1. The third kappa shape index (κ3) is 5.31. The Balaban J connectivity index is 2.56. The molecule has 1 aromatic carbocycles. The van der Waals surface area contributed by atoms with Gasteiger partial charge in [0.05, 0.1) is 4.92 Å². The van der Waals surface area contributed by atoms with Gasteiger partial charge in [-0.1, -0.05) is 26.3 Å². The van der Waals surface area contributed by atoms with Gasteiger partial charge in [-0.05, 0) is 24.2 Å². The number of carbonyl (C=O) groups is 1. The maximum atomic E-state index is 11.6. The third-order valence-electron chi connectivity index (χ3n) is 2.80. The van der Waals surface area contributed by atoms with Crippen molar-refractivity contribution in [3.63, 3.8) is 0 Å². The highest BCUT2D eigenvalue weighted by molar-refractivity contribution is 7.80. The molecule has 0 bridgehead atoms. The lowest BCUT2D eigenvalue weighted by atomic mass is 10.1. The SMILES string of the molecule is CCC(C)CC(=O)NC(=S)Nc1cccc([N+](=O)[O-])c1. The fourth-order valence-electron chi connectivity index (χ4n) is 1.50. The summed E-state index contributed by atoms with van der Waals surface area (Å²) in [5.74, 6) is 0.123.